The fraction of sp³-hybridized carbons (Fsp3) is 0.296. The minimum absolute atomic E-state index is 0. The van der Waals surface area contributed by atoms with E-state index in [2.05, 4.69) is 28.2 Å². The number of hydrogen-bond donors (Lipinski definition) is 0. The van der Waals surface area contributed by atoms with E-state index in [-0.39, 0.29) is 32.7 Å². The van der Waals surface area contributed by atoms with E-state index in [1.165, 1.54) is 11.2 Å². The van der Waals surface area contributed by atoms with Gasteiger partial charge in [0, 0.05) is 51.4 Å². The maximum Gasteiger partial charge on any atom is 0.0980 e. The van der Waals surface area contributed by atoms with E-state index >= 15 is 0 Å². The summed E-state index contributed by atoms with van der Waals surface area (Å²) < 4.78 is 5.60. The predicted octanol–water partition coefficient (Wildman–Crippen LogP) is 5.56. The summed E-state index contributed by atoms with van der Waals surface area (Å²) in [5.41, 5.74) is 3.16. The van der Waals surface area contributed by atoms with Gasteiger partial charge in [0.05, 0.1) is 26.0 Å². The van der Waals surface area contributed by atoms with Gasteiger partial charge in [-0.15, -0.1) is 0 Å². The smallest absolute Gasteiger partial charge is 0.0980 e. The van der Waals surface area contributed by atoms with Crippen LogP contribution in [-0.4, -0.2) is 29.5 Å². The second-order valence-corrected chi connectivity index (χ2v) is 6.13. The van der Waals surface area contributed by atoms with Crippen LogP contribution in [0.15, 0.2) is 79.1 Å². The average molecular weight is 520 g/mol. The van der Waals surface area contributed by atoms with E-state index < -0.39 is 0 Å². The van der Waals surface area contributed by atoms with Crippen LogP contribution in [0.1, 0.15) is 44.5 Å². The maximum absolute atomic E-state index is 11.1. The minimum Gasteiger partial charge on any atom is -0.459 e. The van der Waals surface area contributed by atoms with Crippen molar-refractivity contribution in [2.45, 2.75) is 40.7 Å². The Morgan fingerprint density at radius 2 is 1.67 bits per heavy atom. The zero-order valence-corrected chi connectivity index (χ0v) is 22.9. The summed E-state index contributed by atoms with van der Waals surface area (Å²) >= 11 is 0. The molecule has 2 heterocycles. The summed E-state index contributed by atoms with van der Waals surface area (Å²) in [5, 5.41) is 0. The van der Waals surface area contributed by atoms with Crippen molar-refractivity contribution >= 4 is 12.2 Å². The van der Waals surface area contributed by atoms with Crippen LogP contribution in [-0.2, 0) is 55.3 Å². The number of nitrogens with zero attached hydrogens (tertiary/aromatic N) is 3. The molecule has 0 fully saturated rings. The van der Waals surface area contributed by atoms with E-state index in [1.807, 2.05) is 94.8 Å². The number of rotatable bonds is 1. The number of amides is 1. The van der Waals surface area contributed by atoms with Crippen molar-refractivity contribution in [1.29, 1.82) is 0 Å². The number of fused-ring (bicyclic) bond motifs is 4. The summed E-state index contributed by atoms with van der Waals surface area (Å²) in [5.74, 6) is 0.554. The topological polar surface area (TPSA) is 55.3 Å². The number of carbonyl (C=O) groups excluding carboxylic acids is 1. The summed E-state index contributed by atoms with van der Waals surface area (Å²) in [6.45, 7) is 9.48. The maximum atomic E-state index is 11.1. The molecule has 0 unspecified atom stereocenters. The normalized spacial score (nSPS) is 11.9. The van der Waals surface area contributed by atoms with Crippen molar-refractivity contribution in [2.24, 2.45) is 0 Å². The second kappa shape index (κ2) is 20.4. The zero-order chi connectivity index (χ0) is 23.4. The van der Waals surface area contributed by atoms with Gasteiger partial charge in [0.2, 0.25) is 0 Å². The number of ether oxygens (including phenoxy) is 1. The van der Waals surface area contributed by atoms with Gasteiger partial charge in [-0.25, -0.2) is 4.98 Å². The third-order valence-electron chi connectivity index (χ3n) is 4.02. The molecule has 4 rings (SSSR count). The fourth-order valence-electron chi connectivity index (χ4n) is 2.68. The molecule has 6 heteroatoms. The van der Waals surface area contributed by atoms with Crippen molar-refractivity contribution in [3.63, 3.8) is 0 Å². The van der Waals surface area contributed by atoms with Gasteiger partial charge in [0.1, 0.15) is 0 Å². The molecule has 0 aliphatic carbocycles. The van der Waals surface area contributed by atoms with E-state index in [9.17, 15) is 4.79 Å². The predicted molar refractivity (Wildman–Crippen MR) is 131 cm³/mol. The van der Waals surface area contributed by atoms with Gasteiger partial charge < -0.3 is 19.4 Å². The Balaban J connectivity index is 0.000000790. The number of aromatic nitrogens is 2. The molecule has 0 spiro atoms. The first-order chi connectivity index (χ1) is 15.8. The molecule has 0 saturated heterocycles. The number of benzene rings is 2. The van der Waals surface area contributed by atoms with Gasteiger partial charge in [-0.05, 0) is 16.9 Å². The van der Waals surface area contributed by atoms with Crippen LogP contribution in [0, 0.1) is 6.07 Å². The second-order valence-electron chi connectivity index (χ2n) is 6.13. The average Bonchev–Trinajstić information content (AvgIpc) is 2.87. The molecule has 4 bridgehead atoms. The molecule has 1 aliphatic heterocycles. The van der Waals surface area contributed by atoms with Crippen molar-refractivity contribution in [3.8, 4) is 0 Å². The van der Waals surface area contributed by atoms with Gasteiger partial charge in [-0.3, -0.25) is 0 Å². The van der Waals surface area contributed by atoms with Gasteiger partial charge in [0.25, 0.3) is 0 Å². The molecule has 1 aliphatic rings. The number of anilines is 1. The molecule has 1 aromatic heterocycles. The van der Waals surface area contributed by atoms with Crippen LogP contribution >= 0.6 is 0 Å². The Morgan fingerprint density at radius 1 is 0.939 bits per heavy atom. The molecule has 33 heavy (non-hydrogen) atoms. The fourth-order valence-corrected chi connectivity index (χ4v) is 2.68. The van der Waals surface area contributed by atoms with E-state index in [1.54, 1.807) is 0 Å². The van der Waals surface area contributed by atoms with Crippen LogP contribution in [0.2, 0.25) is 0 Å². The molecule has 2 aromatic carbocycles. The Morgan fingerprint density at radius 3 is 2.30 bits per heavy atom. The van der Waals surface area contributed by atoms with Gasteiger partial charge in [-0.2, -0.15) is 36.4 Å². The monoisotopic (exact) mass is 520 g/mol. The standard InChI is InChI=1S/C17H16N3O2.C6H5.2C2H6.Y/c21-13-20-6-1-2-7-22-11-15-5-3-4-14(8-15)9-16-10-17(20)19-12-18-16;1-2-4-6-5-3-1;2*1-2;/h1-5,8,10,12H,6-7,9,11H2;1-5H;2*1-2H3;/q2*-1;;;. The largest absolute Gasteiger partial charge is 0.459 e. The SMILES string of the molecule is CC.CC.O=[C-]N1CC=CCOCc2cccc(c2)Cc2cc1ncn2.[Y].[c-]1ccccc1. The van der Waals surface area contributed by atoms with Crippen molar-refractivity contribution in [1.82, 2.24) is 9.97 Å². The van der Waals surface area contributed by atoms with E-state index in [0.29, 0.717) is 32.0 Å². The third-order valence-corrected chi connectivity index (χ3v) is 4.02. The Hall–Kier alpha value is -2.21. The molecule has 173 valence electrons. The third kappa shape index (κ3) is 12.6. The van der Waals surface area contributed by atoms with E-state index in [0.717, 1.165) is 16.8 Å². The van der Waals surface area contributed by atoms with Crippen molar-refractivity contribution < 1.29 is 42.2 Å². The molecule has 0 atom stereocenters. The van der Waals surface area contributed by atoms with Crippen LogP contribution in [0.3, 0.4) is 0 Å². The molecule has 5 nitrogen and oxygen atoms in total. The first-order valence-electron chi connectivity index (χ1n) is 11.0. The Labute approximate surface area is 224 Å². The van der Waals surface area contributed by atoms with Gasteiger partial charge in [-0.1, -0.05) is 70.2 Å². The molecule has 3 aromatic rings. The van der Waals surface area contributed by atoms with Crippen LogP contribution in [0.5, 0.6) is 0 Å². The number of hydrogen-bond acceptors (Lipinski definition) is 4. The first-order valence-corrected chi connectivity index (χ1v) is 11.0. The Kier molecular flexibility index (Phi) is 19.0. The zero-order valence-electron chi connectivity index (χ0n) is 20.1. The Bertz CT molecular complexity index is 878. The summed E-state index contributed by atoms with van der Waals surface area (Å²) in [6, 6.07) is 22.6. The van der Waals surface area contributed by atoms with E-state index in [4.69, 9.17) is 4.74 Å². The molecule has 1 radical (unpaired) electrons. The van der Waals surface area contributed by atoms with Gasteiger partial charge >= 0.3 is 0 Å². The van der Waals surface area contributed by atoms with Gasteiger partial charge in [0.15, 0.2) is 0 Å². The van der Waals surface area contributed by atoms with Crippen LogP contribution < -0.4 is 4.90 Å². The van der Waals surface area contributed by atoms with Crippen molar-refractivity contribution in [2.75, 3.05) is 18.1 Å². The van der Waals surface area contributed by atoms with Crippen molar-refractivity contribution in [3.05, 3.63) is 102 Å². The van der Waals surface area contributed by atoms with Crippen LogP contribution in [0.25, 0.3) is 0 Å². The molecular formula is C27H33N3O2Y-2. The summed E-state index contributed by atoms with van der Waals surface area (Å²) in [7, 11) is 0. The van der Waals surface area contributed by atoms with Crippen LogP contribution in [0.4, 0.5) is 5.82 Å². The summed E-state index contributed by atoms with van der Waals surface area (Å²) in [4.78, 5) is 21.0. The molecule has 1 amide bonds. The molecular weight excluding hydrogens is 487 g/mol. The first kappa shape index (κ1) is 30.8. The molecule has 0 N–H and O–H groups in total. The quantitative estimate of drug-likeness (QED) is 0.311. The molecule has 0 saturated carbocycles. The minimum atomic E-state index is 0. The summed E-state index contributed by atoms with van der Waals surface area (Å²) in [6.07, 6.45) is 7.83.